The minimum Gasteiger partial charge on any atom is -0.381 e. The molecule has 0 unspecified atom stereocenters. The number of benzene rings is 2. The minimum absolute atomic E-state index is 0.175. The van der Waals surface area contributed by atoms with Gasteiger partial charge in [-0.05, 0) is 42.7 Å². The van der Waals surface area contributed by atoms with Crippen molar-refractivity contribution >= 4 is 34.7 Å². The van der Waals surface area contributed by atoms with E-state index in [2.05, 4.69) is 12.2 Å². The van der Waals surface area contributed by atoms with Crippen LogP contribution in [-0.4, -0.2) is 49.4 Å². The normalized spacial score (nSPS) is 13.6. The average molecular weight is 450 g/mol. The molecule has 0 saturated carbocycles. The SMILES string of the molecule is CCCCOCCCN1C(=O)C(c2ccc(NC(C)=O)cc2)=C(N(C)c2ccccc2)C1=O. The molecule has 174 valence electrons. The van der Waals surface area contributed by atoms with E-state index in [9.17, 15) is 14.4 Å². The number of para-hydroxylation sites is 1. The van der Waals surface area contributed by atoms with Gasteiger partial charge in [-0.25, -0.2) is 0 Å². The third-order valence-electron chi connectivity index (χ3n) is 5.43. The average Bonchev–Trinajstić information content (AvgIpc) is 3.06. The predicted molar refractivity (Wildman–Crippen MR) is 130 cm³/mol. The highest BCUT2D eigenvalue weighted by atomic mass is 16.5. The summed E-state index contributed by atoms with van der Waals surface area (Å²) in [5.41, 5.74) is 2.76. The third kappa shape index (κ3) is 5.87. The van der Waals surface area contributed by atoms with Crippen molar-refractivity contribution in [2.75, 3.05) is 37.0 Å². The maximum atomic E-state index is 13.4. The Labute approximate surface area is 195 Å². The van der Waals surface area contributed by atoms with Gasteiger partial charge in [0.2, 0.25) is 5.91 Å². The van der Waals surface area contributed by atoms with Crippen LogP contribution in [0.3, 0.4) is 0 Å². The number of rotatable bonds is 11. The molecule has 0 saturated heterocycles. The Morgan fingerprint density at radius 1 is 0.970 bits per heavy atom. The van der Waals surface area contributed by atoms with E-state index in [1.165, 1.54) is 11.8 Å². The molecule has 1 heterocycles. The zero-order valence-corrected chi connectivity index (χ0v) is 19.5. The first kappa shape index (κ1) is 24.2. The number of unbranched alkanes of at least 4 members (excludes halogenated alkanes) is 1. The Kier molecular flexibility index (Phi) is 8.38. The highest BCUT2D eigenvalue weighted by Crippen LogP contribution is 2.34. The van der Waals surface area contributed by atoms with Gasteiger partial charge < -0.3 is 15.0 Å². The Bertz CT molecular complexity index is 1020. The molecule has 7 nitrogen and oxygen atoms in total. The lowest BCUT2D eigenvalue weighted by atomic mass is 10.0. The summed E-state index contributed by atoms with van der Waals surface area (Å²) < 4.78 is 5.60. The second-order valence-corrected chi connectivity index (χ2v) is 7.96. The van der Waals surface area contributed by atoms with Gasteiger partial charge in [0.1, 0.15) is 5.70 Å². The van der Waals surface area contributed by atoms with E-state index in [-0.39, 0.29) is 17.7 Å². The number of amides is 3. The molecule has 0 fully saturated rings. The molecule has 3 amide bonds. The standard InChI is InChI=1S/C26H31N3O4/c1-4-5-17-33-18-9-16-29-25(31)23(20-12-14-21(15-13-20)27-19(2)30)24(26(29)32)28(3)22-10-7-6-8-11-22/h6-8,10-15H,4-5,9,16-18H2,1-3H3,(H,27,30). The smallest absolute Gasteiger partial charge is 0.278 e. The van der Waals surface area contributed by atoms with E-state index in [1.807, 2.05) is 30.3 Å². The monoisotopic (exact) mass is 449 g/mol. The van der Waals surface area contributed by atoms with Crippen molar-refractivity contribution in [2.45, 2.75) is 33.1 Å². The topological polar surface area (TPSA) is 79.0 Å². The Morgan fingerprint density at radius 2 is 1.64 bits per heavy atom. The van der Waals surface area contributed by atoms with E-state index in [0.717, 1.165) is 18.5 Å². The van der Waals surface area contributed by atoms with Crippen LogP contribution >= 0.6 is 0 Å². The fourth-order valence-electron chi connectivity index (χ4n) is 3.72. The number of likely N-dealkylation sites (N-methyl/N-ethyl adjacent to an activating group) is 1. The molecule has 1 aliphatic heterocycles. The number of anilines is 2. The molecule has 0 aliphatic carbocycles. The second kappa shape index (κ2) is 11.4. The maximum absolute atomic E-state index is 13.4. The second-order valence-electron chi connectivity index (χ2n) is 7.96. The van der Waals surface area contributed by atoms with Gasteiger partial charge >= 0.3 is 0 Å². The van der Waals surface area contributed by atoms with Gasteiger partial charge in [-0.2, -0.15) is 0 Å². The lowest BCUT2D eigenvalue weighted by Crippen LogP contribution is -2.35. The zero-order valence-electron chi connectivity index (χ0n) is 19.5. The van der Waals surface area contributed by atoms with Crippen molar-refractivity contribution in [1.29, 1.82) is 0 Å². The van der Waals surface area contributed by atoms with Crippen LogP contribution in [0.4, 0.5) is 11.4 Å². The number of hydrogen-bond donors (Lipinski definition) is 1. The van der Waals surface area contributed by atoms with Gasteiger partial charge in [-0.15, -0.1) is 0 Å². The summed E-state index contributed by atoms with van der Waals surface area (Å²) in [6.45, 7) is 5.02. The van der Waals surface area contributed by atoms with E-state index in [1.54, 1.807) is 36.2 Å². The fraction of sp³-hybridized carbons (Fsp3) is 0.346. The van der Waals surface area contributed by atoms with Gasteiger partial charge in [0.05, 0.1) is 5.57 Å². The summed E-state index contributed by atoms with van der Waals surface area (Å²) in [6.07, 6.45) is 2.64. The predicted octanol–water partition coefficient (Wildman–Crippen LogP) is 4.07. The zero-order chi connectivity index (χ0) is 23.8. The van der Waals surface area contributed by atoms with Gasteiger partial charge in [0.15, 0.2) is 0 Å². The van der Waals surface area contributed by atoms with Crippen LogP contribution < -0.4 is 10.2 Å². The number of nitrogens with one attached hydrogen (secondary N) is 1. The van der Waals surface area contributed by atoms with Gasteiger partial charge in [-0.1, -0.05) is 43.7 Å². The molecule has 0 bridgehead atoms. The summed E-state index contributed by atoms with van der Waals surface area (Å²) in [5.74, 6) is -0.814. The van der Waals surface area contributed by atoms with E-state index in [0.29, 0.717) is 48.7 Å². The first-order valence-corrected chi connectivity index (χ1v) is 11.3. The number of carbonyl (C=O) groups is 3. The summed E-state index contributed by atoms with van der Waals surface area (Å²) in [5, 5.41) is 2.72. The van der Waals surface area contributed by atoms with Crippen LogP contribution in [0.5, 0.6) is 0 Å². The fourth-order valence-corrected chi connectivity index (χ4v) is 3.72. The Balaban J connectivity index is 1.88. The summed E-state index contributed by atoms with van der Waals surface area (Å²) >= 11 is 0. The summed E-state index contributed by atoms with van der Waals surface area (Å²) in [6, 6.07) is 16.4. The van der Waals surface area contributed by atoms with Crippen LogP contribution in [0.1, 0.15) is 38.7 Å². The molecular formula is C26H31N3O4. The van der Waals surface area contributed by atoms with Crippen LogP contribution in [0, 0.1) is 0 Å². The van der Waals surface area contributed by atoms with Crippen molar-refractivity contribution in [3.8, 4) is 0 Å². The highest BCUT2D eigenvalue weighted by molar-refractivity contribution is 6.36. The molecule has 0 radical (unpaired) electrons. The lowest BCUT2D eigenvalue weighted by molar-refractivity contribution is -0.137. The molecular weight excluding hydrogens is 418 g/mol. The van der Waals surface area contributed by atoms with Gasteiger partial charge in [0.25, 0.3) is 11.8 Å². The van der Waals surface area contributed by atoms with Gasteiger partial charge in [-0.3, -0.25) is 19.3 Å². The first-order valence-electron chi connectivity index (χ1n) is 11.3. The van der Waals surface area contributed by atoms with Crippen LogP contribution in [-0.2, 0) is 19.1 Å². The molecule has 1 aliphatic rings. The molecule has 2 aromatic carbocycles. The first-order chi connectivity index (χ1) is 15.9. The maximum Gasteiger partial charge on any atom is 0.278 e. The number of carbonyl (C=O) groups excluding carboxylic acids is 3. The molecule has 1 N–H and O–H groups in total. The molecule has 3 rings (SSSR count). The van der Waals surface area contributed by atoms with E-state index >= 15 is 0 Å². The van der Waals surface area contributed by atoms with E-state index < -0.39 is 0 Å². The summed E-state index contributed by atoms with van der Waals surface area (Å²) in [4.78, 5) is 41.2. The molecule has 0 spiro atoms. The molecule has 0 atom stereocenters. The molecule has 33 heavy (non-hydrogen) atoms. The van der Waals surface area contributed by atoms with Crippen LogP contribution in [0.25, 0.3) is 5.57 Å². The van der Waals surface area contributed by atoms with Crippen molar-refractivity contribution in [2.24, 2.45) is 0 Å². The Morgan fingerprint density at radius 3 is 2.27 bits per heavy atom. The van der Waals surface area contributed by atoms with Crippen LogP contribution in [0.15, 0.2) is 60.3 Å². The van der Waals surface area contributed by atoms with Gasteiger partial charge in [0, 0.05) is 45.1 Å². The highest BCUT2D eigenvalue weighted by Gasteiger charge is 2.40. The number of imide groups is 1. The van der Waals surface area contributed by atoms with Crippen molar-refractivity contribution in [3.63, 3.8) is 0 Å². The largest absolute Gasteiger partial charge is 0.381 e. The summed E-state index contributed by atoms with van der Waals surface area (Å²) in [7, 11) is 1.79. The van der Waals surface area contributed by atoms with Crippen molar-refractivity contribution < 1.29 is 19.1 Å². The molecule has 0 aromatic heterocycles. The molecule has 2 aromatic rings. The number of ether oxygens (including phenoxy) is 1. The van der Waals surface area contributed by atoms with Crippen molar-refractivity contribution in [3.05, 3.63) is 65.9 Å². The molecule has 7 heteroatoms. The van der Waals surface area contributed by atoms with Crippen LogP contribution in [0.2, 0.25) is 0 Å². The Hall–Kier alpha value is -3.45. The quantitative estimate of drug-likeness (QED) is 0.413. The third-order valence-corrected chi connectivity index (χ3v) is 5.43. The lowest BCUT2D eigenvalue weighted by Gasteiger charge is -2.21. The van der Waals surface area contributed by atoms with Crippen molar-refractivity contribution in [1.82, 2.24) is 4.90 Å². The number of hydrogen-bond acceptors (Lipinski definition) is 5. The van der Waals surface area contributed by atoms with E-state index in [4.69, 9.17) is 4.74 Å². The number of nitrogens with zero attached hydrogens (tertiary/aromatic N) is 2. The minimum atomic E-state index is -0.321.